The largest absolute Gasteiger partial charge is 0.248 e. The fourth-order valence-corrected chi connectivity index (χ4v) is 5.22. The summed E-state index contributed by atoms with van der Waals surface area (Å²) in [6, 6.07) is 7.71. The quantitative estimate of drug-likeness (QED) is 0.924. The summed E-state index contributed by atoms with van der Waals surface area (Å²) in [7, 11) is -3.39. The second-order valence-corrected chi connectivity index (χ2v) is 8.39. The van der Waals surface area contributed by atoms with E-state index in [1.807, 2.05) is 35.9 Å². The predicted octanol–water partition coefficient (Wildman–Crippen LogP) is 1.51. The molecule has 0 radical (unpaired) electrons. The molecule has 0 saturated carbocycles. The molecule has 0 saturated heterocycles. The molecule has 1 atom stereocenters. The third kappa shape index (κ3) is 2.68. The second kappa shape index (κ2) is 5.42. The topological polar surface area (TPSA) is 76.9 Å². The molecule has 7 heteroatoms. The lowest BCUT2D eigenvalue weighted by molar-refractivity contribution is 0.398. The summed E-state index contributed by atoms with van der Waals surface area (Å²) in [5.41, 5.74) is 2.29. The van der Waals surface area contributed by atoms with Crippen LogP contribution in [-0.2, 0) is 29.4 Å². The van der Waals surface area contributed by atoms with Crippen molar-refractivity contribution in [2.24, 2.45) is 0 Å². The van der Waals surface area contributed by atoms with Crippen molar-refractivity contribution in [1.82, 2.24) is 19.5 Å². The minimum Gasteiger partial charge on any atom is -0.248 e. The van der Waals surface area contributed by atoms with E-state index in [1.54, 1.807) is 0 Å². The molecule has 2 aromatic rings. The Morgan fingerprint density at radius 2 is 1.91 bits per heavy atom. The average Bonchev–Trinajstić information content (AvgIpc) is 3.10. The van der Waals surface area contributed by atoms with E-state index in [0.29, 0.717) is 18.7 Å². The van der Waals surface area contributed by atoms with Gasteiger partial charge in [-0.25, -0.2) is 22.8 Å². The molecule has 0 unspecified atom stereocenters. The summed E-state index contributed by atoms with van der Waals surface area (Å²) in [6.45, 7) is 2.65. The van der Waals surface area contributed by atoms with Gasteiger partial charge in [0.25, 0.3) is 0 Å². The molecule has 23 heavy (non-hydrogen) atoms. The van der Waals surface area contributed by atoms with Crippen LogP contribution in [0.1, 0.15) is 41.7 Å². The van der Waals surface area contributed by atoms with E-state index in [-0.39, 0.29) is 11.3 Å². The highest BCUT2D eigenvalue weighted by molar-refractivity contribution is 7.90. The van der Waals surface area contributed by atoms with Gasteiger partial charge < -0.3 is 0 Å². The second-order valence-electron chi connectivity index (χ2n) is 6.40. The highest BCUT2D eigenvalue weighted by Gasteiger charge is 2.35. The zero-order valence-corrected chi connectivity index (χ0v) is 13.9. The van der Waals surface area contributed by atoms with Gasteiger partial charge in [-0.05, 0) is 43.7 Å². The Kier molecular flexibility index (Phi) is 3.50. The van der Waals surface area contributed by atoms with Crippen LogP contribution in [0.3, 0.4) is 0 Å². The Bertz CT molecular complexity index is 819. The minimum atomic E-state index is -3.39. The SMILES string of the molecule is Cc1nc2n(n1)CCC[C@@H]2NS(=O)(=O)C1Cc2ccccc2C1. The molecular formula is C16H20N4O2S. The van der Waals surface area contributed by atoms with Gasteiger partial charge in [0, 0.05) is 6.54 Å². The Labute approximate surface area is 136 Å². The smallest absolute Gasteiger partial charge is 0.215 e. The fourth-order valence-electron chi connectivity index (χ4n) is 3.61. The molecule has 0 bridgehead atoms. The summed E-state index contributed by atoms with van der Waals surface area (Å²) in [5, 5.41) is 3.94. The van der Waals surface area contributed by atoms with Gasteiger partial charge in [0.15, 0.2) is 0 Å². The van der Waals surface area contributed by atoms with Gasteiger partial charge >= 0.3 is 0 Å². The van der Waals surface area contributed by atoms with Crippen molar-refractivity contribution in [3.63, 3.8) is 0 Å². The van der Waals surface area contributed by atoms with Gasteiger partial charge in [-0.1, -0.05) is 24.3 Å². The van der Waals surface area contributed by atoms with E-state index in [9.17, 15) is 8.42 Å². The normalized spacial score (nSPS) is 21.2. The first-order chi connectivity index (χ1) is 11.0. The Hall–Kier alpha value is -1.73. The number of aryl methyl sites for hydroxylation is 2. The molecule has 0 amide bonds. The first-order valence-corrected chi connectivity index (χ1v) is 9.57. The zero-order valence-electron chi connectivity index (χ0n) is 13.1. The van der Waals surface area contributed by atoms with Crippen molar-refractivity contribution in [2.45, 2.75) is 50.4 Å². The van der Waals surface area contributed by atoms with E-state index >= 15 is 0 Å². The Morgan fingerprint density at radius 1 is 1.22 bits per heavy atom. The van der Waals surface area contributed by atoms with Crippen LogP contribution >= 0.6 is 0 Å². The summed E-state index contributed by atoms with van der Waals surface area (Å²) in [5.74, 6) is 1.44. The molecule has 0 spiro atoms. The van der Waals surface area contributed by atoms with Crippen LogP contribution in [0.2, 0.25) is 0 Å². The van der Waals surface area contributed by atoms with Crippen molar-refractivity contribution in [2.75, 3.05) is 0 Å². The lowest BCUT2D eigenvalue weighted by atomic mass is 10.1. The van der Waals surface area contributed by atoms with Gasteiger partial charge in [-0.2, -0.15) is 5.10 Å². The summed E-state index contributed by atoms with van der Waals surface area (Å²) >= 11 is 0. The van der Waals surface area contributed by atoms with E-state index in [1.165, 1.54) is 0 Å². The van der Waals surface area contributed by atoms with E-state index in [4.69, 9.17) is 0 Å². The van der Waals surface area contributed by atoms with E-state index < -0.39 is 10.0 Å². The molecule has 122 valence electrons. The van der Waals surface area contributed by atoms with Gasteiger partial charge in [-0.3, -0.25) is 0 Å². The standard InChI is InChI=1S/C16H20N4O2S/c1-11-17-16-15(7-4-8-20(16)18-11)19-23(21,22)14-9-12-5-2-3-6-13(12)10-14/h2-3,5-6,14-15,19H,4,7-10H2,1H3/t15-/m0/s1. The number of benzene rings is 1. The van der Waals surface area contributed by atoms with Gasteiger partial charge in [0.05, 0.1) is 11.3 Å². The molecule has 6 nitrogen and oxygen atoms in total. The van der Waals surface area contributed by atoms with Gasteiger partial charge in [-0.15, -0.1) is 0 Å². The number of sulfonamides is 1. The molecular weight excluding hydrogens is 312 g/mol. The highest BCUT2D eigenvalue weighted by atomic mass is 32.2. The Morgan fingerprint density at radius 3 is 2.61 bits per heavy atom. The van der Waals surface area contributed by atoms with Crippen LogP contribution in [0.15, 0.2) is 24.3 Å². The van der Waals surface area contributed by atoms with Crippen LogP contribution in [0.4, 0.5) is 0 Å². The molecule has 1 aromatic heterocycles. The third-order valence-corrected chi connectivity index (χ3v) is 6.56. The third-order valence-electron chi connectivity index (χ3n) is 4.74. The molecule has 1 aliphatic heterocycles. The summed E-state index contributed by atoms with van der Waals surface area (Å²) in [6.07, 6.45) is 2.86. The monoisotopic (exact) mass is 332 g/mol. The molecule has 1 aromatic carbocycles. The van der Waals surface area contributed by atoms with Crippen LogP contribution in [-0.4, -0.2) is 28.4 Å². The maximum atomic E-state index is 12.8. The van der Waals surface area contributed by atoms with Crippen LogP contribution < -0.4 is 4.72 Å². The van der Waals surface area contributed by atoms with Crippen molar-refractivity contribution in [3.8, 4) is 0 Å². The lowest BCUT2D eigenvalue weighted by Gasteiger charge is -2.24. The average molecular weight is 332 g/mol. The van der Waals surface area contributed by atoms with Crippen molar-refractivity contribution in [1.29, 1.82) is 0 Å². The van der Waals surface area contributed by atoms with E-state index in [0.717, 1.165) is 36.3 Å². The number of nitrogens with one attached hydrogen (secondary N) is 1. The minimum absolute atomic E-state index is 0.265. The molecule has 0 fully saturated rings. The van der Waals surface area contributed by atoms with Crippen molar-refractivity contribution in [3.05, 3.63) is 47.0 Å². The van der Waals surface area contributed by atoms with Gasteiger partial charge in [0.1, 0.15) is 11.6 Å². The number of rotatable bonds is 3. The fraction of sp³-hybridized carbons (Fsp3) is 0.500. The maximum Gasteiger partial charge on any atom is 0.215 e. The van der Waals surface area contributed by atoms with Crippen LogP contribution in [0, 0.1) is 6.92 Å². The number of nitrogens with zero attached hydrogens (tertiary/aromatic N) is 3. The molecule has 1 N–H and O–H groups in total. The number of aromatic nitrogens is 3. The number of fused-ring (bicyclic) bond motifs is 2. The highest BCUT2D eigenvalue weighted by Crippen LogP contribution is 2.29. The summed E-state index contributed by atoms with van der Waals surface area (Å²) in [4.78, 5) is 4.41. The first-order valence-electron chi connectivity index (χ1n) is 8.02. The number of hydrogen-bond donors (Lipinski definition) is 1. The van der Waals surface area contributed by atoms with Crippen LogP contribution in [0.25, 0.3) is 0 Å². The molecule has 4 rings (SSSR count). The first kappa shape index (κ1) is 14.8. The lowest BCUT2D eigenvalue weighted by Crippen LogP contribution is -2.39. The maximum absolute atomic E-state index is 12.8. The predicted molar refractivity (Wildman–Crippen MR) is 86.4 cm³/mol. The van der Waals surface area contributed by atoms with E-state index in [2.05, 4.69) is 14.8 Å². The van der Waals surface area contributed by atoms with Crippen LogP contribution in [0.5, 0.6) is 0 Å². The molecule has 2 aliphatic rings. The van der Waals surface area contributed by atoms with Crippen molar-refractivity contribution < 1.29 is 8.42 Å². The summed E-state index contributed by atoms with van der Waals surface area (Å²) < 4.78 is 30.4. The Balaban J connectivity index is 1.55. The van der Waals surface area contributed by atoms with Gasteiger partial charge in [0.2, 0.25) is 10.0 Å². The molecule has 2 heterocycles. The zero-order chi connectivity index (χ0) is 16.0. The van der Waals surface area contributed by atoms with Crippen molar-refractivity contribution >= 4 is 10.0 Å². The molecule has 1 aliphatic carbocycles. The number of hydrogen-bond acceptors (Lipinski definition) is 4.